The number of benzene rings is 1. The third kappa shape index (κ3) is 3.19. The van der Waals surface area contributed by atoms with Crippen LogP contribution in [0.15, 0.2) is 68.7 Å². The molecule has 0 spiro atoms. The van der Waals surface area contributed by atoms with Crippen LogP contribution in [0.5, 0.6) is 0 Å². The molecular formula is C17H11N3O3. The summed E-state index contributed by atoms with van der Waals surface area (Å²) in [5.74, 6) is 0.728. The average Bonchev–Trinajstić information content (AvgIpc) is 3.26. The quantitative estimate of drug-likeness (QED) is 0.592. The Morgan fingerprint density at radius 3 is 2.83 bits per heavy atom. The van der Waals surface area contributed by atoms with Crippen LogP contribution in [0.25, 0.3) is 11.3 Å². The van der Waals surface area contributed by atoms with Gasteiger partial charge in [-0.05, 0) is 36.4 Å². The molecule has 0 radical (unpaired) electrons. The highest BCUT2D eigenvalue weighted by molar-refractivity contribution is 5.92. The van der Waals surface area contributed by atoms with E-state index in [2.05, 4.69) is 16.6 Å². The summed E-state index contributed by atoms with van der Waals surface area (Å²) in [7, 11) is 0. The van der Waals surface area contributed by atoms with Crippen molar-refractivity contribution in [1.29, 1.82) is 5.26 Å². The summed E-state index contributed by atoms with van der Waals surface area (Å²) in [6, 6.07) is 15.8. The first-order chi connectivity index (χ1) is 11.3. The molecular weight excluding hydrogens is 294 g/mol. The zero-order valence-electron chi connectivity index (χ0n) is 11.9. The Labute approximate surface area is 131 Å². The van der Waals surface area contributed by atoms with Gasteiger partial charge in [0, 0.05) is 5.56 Å². The molecule has 6 heteroatoms. The van der Waals surface area contributed by atoms with E-state index in [0.717, 1.165) is 0 Å². The Balaban J connectivity index is 1.71. The van der Waals surface area contributed by atoms with E-state index in [1.54, 1.807) is 36.4 Å². The van der Waals surface area contributed by atoms with E-state index in [1.807, 2.05) is 6.07 Å². The number of carbonyl (C=O) groups excluding carboxylic acids is 1. The van der Waals surface area contributed by atoms with E-state index in [9.17, 15) is 4.79 Å². The molecule has 6 nitrogen and oxygen atoms in total. The van der Waals surface area contributed by atoms with E-state index in [4.69, 9.17) is 14.1 Å². The number of nitrogens with one attached hydrogen (secondary N) is 1. The number of hydrogen-bond donors (Lipinski definition) is 1. The lowest BCUT2D eigenvalue weighted by Gasteiger charge is -1.98. The van der Waals surface area contributed by atoms with E-state index >= 15 is 0 Å². The third-order valence-corrected chi connectivity index (χ3v) is 3.04. The van der Waals surface area contributed by atoms with Gasteiger partial charge in [-0.2, -0.15) is 10.4 Å². The van der Waals surface area contributed by atoms with Crippen LogP contribution in [0, 0.1) is 11.3 Å². The highest BCUT2D eigenvalue weighted by atomic mass is 16.3. The van der Waals surface area contributed by atoms with Crippen molar-refractivity contribution < 1.29 is 13.6 Å². The Morgan fingerprint density at radius 2 is 2.04 bits per heavy atom. The number of nitrogens with zero attached hydrogens (tertiary/aromatic N) is 2. The zero-order chi connectivity index (χ0) is 16.1. The molecule has 0 unspecified atom stereocenters. The van der Waals surface area contributed by atoms with Gasteiger partial charge in [0.15, 0.2) is 5.76 Å². The summed E-state index contributed by atoms with van der Waals surface area (Å²) in [4.78, 5) is 11.6. The fraction of sp³-hybridized carbons (Fsp3) is 0. The summed E-state index contributed by atoms with van der Waals surface area (Å²) < 4.78 is 10.6. The zero-order valence-corrected chi connectivity index (χ0v) is 11.9. The number of hydrogen-bond acceptors (Lipinski definition) is 5. The Kier molecular flexibility index (Phi) is 4.03. The summed E-state index contributed by atoms with van der Waals surface area (Å²) in [6.45, 7) is 0. The van der Waals surface area contributed by atoms with Crippen molar-refractivity contribution in [3.8, 4) is 17.4 Å². The van der Waals surface area contributed by atoms with Crippen LogP contribution in [0.3, 0.4) is 0 Å². The van der Waals surface area contributed by atoms with E-state index in [0.29, 0.717) is 22.6 Å². The van der Waals surface area contributed by atoms with Crippen molar-refractivity contribution >= 4 is 12.1 Å². The predicted molar refractivity (Wildman–Crippen MR) is 82.6 cm³/mol. The van der Waals surface area contributed by atoms with Crippen molar-refractivity contribution in [2.24, 2.45) is 5.10 Å². The van der Waals surface area contributed by atoms with Crippen LogP contribution in [0.1, 0.15) is 21.9 Å². The van der Waals surface area contributed by atoms with Crippen LogP contribution < -0.4 is 5.43 Å². The molecule has 0 saturated carbocycles. The van der Waals surface area contributed by atoms with Crippen LogP contribution >= 0.6 is 0 Å². The number of rotatable bonds is 4. The molecule has 3 aromatic rings. The second-order valence-corrected chi connectivity index (χ2v) is 4.54. The van der Waals surface area contributed by atoms with Gasteiger partial charge in [0.1, 0.15) is 11.5 Å². The number of nitriles is 1. The topological polar surface area (TPSA) is 91.5 Å². The first kappa shape index (κ1) is 14.4. The molecule has 0 atom stereocenters. The lowest BCUT2D eigenvalue weighted by molar-refractivity contribution is 0.0927. The van der Waals surface area contributed by atoms with Crippen molar-refractivity contribution in [2.45, 2.75) is 0 Å². The monoisotopic (exact) mass is 305 g/mol. The smallest absolute Gasteiger partial charge is 0.307 e. The van der Waals surface area contributed by atoms with Gasteiger partial charge in [0.05, 0.1) is 24.1 Å². The molecule has 1 aromatic carbocycles. The second-order valence-electron chi connectivity index (χ2n) is 4.54. The van der Waals surface area contributed by atoms with Crippen molar-refractivity contribution in [2.75, 3.05) is 0 Å². The predicted octanol–water partition coefficient (Wildman–Crippen LogP) is 3.18. The minimum Gasteiger partial charge on any atom is -0.459 e. The van der Waals surface area contributed by atoms with Gasteiger partial charge in [-0.1, -0.05) is 12.1 Å². The van der Waals surface area contributed by atoms with Gasteiger partial charge in [0.25, 0.3) is 0 Å². The van der Waals surface area contributed by atoms with Gasteiger partial charge in [-0.15, -0.1) is 0 Å². The van der Waals surface area contributed by atoms with Crippen LogP contribution in [-0.2, 0) is 0 Å². The molecule has 0 fully saturated rings. The van der Waals surface area contributed by atoms with E-state index < -0.39 is 5.91 Å². The van der Waals surface area contributed by atoms with Crippen LogP contribution in [0.4, 0.5) is 0 Å². The summed E-state index contributed by atoms with van der Waals surface area (Å²) in [5.41, 5.74) is 3.56. The normalized spacial score (nSPS) is 10.6. The molecule has 0 aliphatic carbocycles. The third-order valence-electron chi connectivity index (χ3n) is 3.04. The molecule has 3 rings (SSSR count). The van der Waals surface area contributed by atoms with Gasteiger partial charge in [-0.25, -0.2) is 5.43 Å². The van der Waals surface area contributed by atoms with Crippen LogP contribution in [-0.4, -0.2) is 12.1 Å². The number of carbonyl (C=O) groups is 1. The average molecular weight is 305 g/mol. The lowest BCUT2D eigenvalue weighted by Crippen LogP contribution is -2.16. The molecule has 1 N–H and O–H groups in total. The van der Waals surface area contributed by atoms with E-state index in [-0.39, 0.29) is 5.76 Å². The minimum absolute atomic E-state index is 0.172. The van der Waals surface area contributed by atoms with Gasteiger partial charge >= 0.3 is 5.91 Å². The number of hydrazone groups is 1. The largest absolute Gasteiger partial charge is 0.459 e. The second kappa shape index (κ2) is 6.45. The van der Waals surface area contributed by atoms with Gasteiger partial charge in [0.2, 0.25) is 0 Å². The van der Waals surface area contributed by atoms with Crippen molar-refractivity contribution in [3.05, 3.63) is 71.9 Å². The van der Waals surface area contributed by atoms with Gasteiger partial charge < -0.3 is 8.83 Å². The fourth-order valence-corrected chi connectivity index (χ4v) is 1.98. The minimum atomic E-state index is -0.451. The Bertz CT molecular complexity index is 886. The maximum atomic E-state index is 11.6. The Morgan fingerprint density at radius 1 is 1.17 bits per heavy atom. The maximum absolute atomic E-state index is 11.6. The number of amides is 1. The highest BCUT2D eigenvalue weighted by Crippen LogP contribution is 2.24. The molecule has 112 valence electrons. The summed E-state index contributed by atoms with van der Waals surface area (Å²) in [6.07, 6.45) is 2.78. The van der Waals surface area contributed by atoms with E-state index in [1.165, 1.54) is 18.5 Å². The first-order valence-corrected chi connectivity index (χ1v) is 6.74. The van der Waals surface area contributed by atoms with Gasteiger partial charge in [-0.3, -0.25) is 4.79 Å². The number of furan rings is 2. The standard InChI is InChI=1S/C17H11N3O3/c18-10-12-4-1-2-5-14(12)15-8-7-13(23-15)11-19-20-17(21)16-6-3-9-22-16/h1-9,11H,(H,20,21)/b19-11+. The fourth-order valence-electron chi connectivity index (χ4n) is 1.98. The molecule has 2 aromatic heterocycles. The molecule has 2 heterocycles. The lowest BCUT2D eigenvalue weighted by atomic mass is 10.1. The summed E-state index contributed by atoms with van der Waals surface area (Å²) in [5, 5.41) is 12.9. The molecule has 0 aliphatic heterocycles. The maximum Gasteiger partial charge on any atom is 0.307 e. The Hall–Kier alpha value is -3.59. The molecule has 23 heavy (non-hydrogen) atoms. The highest BCUT2D eigenvalue weighted by Gasteiger charge is 2.09. The van der Waals surface area contributed by atoms with Crippen LogP contribution in [0.2, 0.25) is 0 Å². The molecule has 0 aliphatic rings. The molecule has 0 bridgehead atoms. The molecule has 1 amide bonds. The molecule has 0 saturated heterocycles. The summed E-state index contributed by atoms with van der Waals surface area (Å²) >= 11 is 0. The first-order valence-electron chi connectivity index (χ1n) is 6.74. The SMILES string of the molecule is N#Cc1ccccc1-c1ccc(/C=N/NC(=O)c2ccco2)o1. The van der Waals surface area contributed by atoms with Crippen molar-refractivity contribution in [3.63, 3.8) is 0 Å². The van der Waals surface area contributed by atoms with Crippen molar-refractivity contribution in [1.82, 2.24) is 5.43 Å².